The van der Waals surface area contributed by atoms with Crippen molar-refractivity contribution in [2.75, 3.05) is 13.2 Å². The largest absolute Gasteiger partial charge is 0.466 e. The van der Waals surface area contributed by atoms with Gasteiger partial charge in [0.05, 0.1) is 19.1 Å². The van der Waals surface area contributed by atoms with Crippen molar-refractivity contribution in [2.45, 2.75) is 31.9 Å². The van der Waals surface area contributed by atoms with Crippen molar-refractivity contribution >= 4 is 5.97 Å². The molecule has 0 saturated carbocycles. The highest BCUT2D eigenvalue weighted by atomic mass is 16.5. The van der Waals surface area contributed by atoms with E-state index >= 15 is 0 Å². The first kappa shape index (κ1) is 9.48. The van der Waals surface area contributed by atoms with E-state index in [1.54, 1.807) is 6.92 Å². The summed E-state index contributed by atoms with van der Waals surface area (Å²) < 4.78 is 4.78. The molecular weight excluding hydrogens is 158 g/mol. The fraction of sp³-hybridized carbons (Fsp3) is 0.875. The van der Waals surface area contributed by atoms with Gasteiger partial charge in [-0.1, -0.05) is 0 Å². The number of rotatable bonds is 3. The highest BCUT2D eigenvalue weighted by Gasteiger charge is 2.24. The van der Waals surface area contributed by atoms with E-state index in [2.05, 4.69) is 5.32 Å². The summed E-state index contributed by atoms with van der Waals surface area (Å²) in [5.41, 5.74) is 0. The number of esters is 1. The standard InChI is InChI=1S/C8H15NO3/c1-2-12-8(11)4-6-3-7(10)5-9-6/h6-7,9-10H,2-5H2,1H3/t6-,7+/m0/s1. The lowest BCUT2D eigenvalue weighted by Crippen LogP contribution is -2.25. The zero-order valence-corrected chi connectivity index (χ0v) is 7.25. The summed E-state index contributed by atoms with van der Waals surface area (Å²) in [6.45, 7) is 2.80. The molecule has 0 aromatic carbocycles. The Balaban J connectivity index is 2.18. The first-order valence-corrected chi connectivity index (χ1v) is 4.29. The van der Waals surface area contributed by atoms with Crippen molar-refractivity contribution in [1.82, 2.24) is 5.32 Å². The van der Waals surface area contributed by atoms with Crippen LogP contribution in [0.5, 0.6) is 0 Å². The van der Waals surface area contributed by atoms with Crippen LogP contribution in [-0.4, -0.2) is 36.4 Å². The van der Waals surface area contributed by atoms with Crippen molar-refractivity contribution in [2.24, 2.45) is 0 Å². The summed E-state index contributed by atoms with van der Waals surface area (Å²) in [7, 11) is 0. The zero-order valence-electron chi connectivity index (χ0n) is 7.25. The molecule has 0 radical (unpaired) electrons. The third kappa shape index (κ3) is 2.79. The van der Waals surface area contributed by atoms with Crippen molar-refractivity contribution in [3.8, 4) is 0 Å². The molecule has 0 spiro atoms. The monoisotopic (exact) mass is 173 g/mol. The molecule has 4 nitrogen and oxygen atoms in total. The summed E-state index contributed by atoms with van der Waals surface area (Å²) in [5.74, 6) is -0.191. The Morgan fingerprint density at radius 2 is 2.50 bits per heavy atom. The molecule has 0 aromatic rings. The molecule has 1 saturated heterocycles. The second-order valence-corrected chi connectivity index (χ2v) is 3.00. The minimum Gasteiger partial charge on any atom is -0.466 e. The van der Waals surface area contributed by atoms with Crippen LogP contribution in [0.25, 0.3) is 0 Å². The molecule has 2 N–H and O–H groups in total. The van der Waals surface area contributed by atoms with Gasteiger partial charge in [0.1, 0.15) is 0 Å². The predicted octanol–water partition coefficient (Wildman–Crippen LogP) is -0.338. The summed E-state index contributed by atoms with van der Waals surface area (Å²) in [6, 6.07) is 0.0963. The first-order valence-electron chi connectivity index (χ1n) is 4.29. The molecule has 0 aromatic heterocycles. The van der Waals surface area contributed by atoms with Gasteiger partial charge < -0.3 is 15.2 Å². The molecule has 0 amide bonds. The molecule has 1 heterocycles. The molecule has 1 aliphatic rings. The quantitative estimate of drug-likeness (QED) is 0.573. The highest BCUT2D eigenvalue weighted by Crippen LogP contribution is 2.10. The summed E-state index contributed by atoms with van der Waals surface area (Å²) in [5, 5.41) is 12.2. The molecule has 0 unspecified atom stereocenters. The van der Waals surface area contributed by atoms with Crippen LogP contribution in [-0.2, 0) is 9.53 Å². The minimum absolute atomic E-state index is 0.0963. The number of nitrogens with one attached hydrogen (secondary N) is 1. The summed E-state index contributed by atoms with van der Waals surface area (Å²) in [4.78, 5) is 11.0. The highest BCUT2D eigenvalue weighted by molar-refractivity contribution is 5.70. The summed E-state index contributed by atoms with van der Waals surface area (Å²) in [6.07, 6.45) is 0.716. The van der Waals surface area contributed by atoms with Crippen LogP contribution in [0.3, 0.4) is 0 Å². The second-order valence-electron chi connectivity index (χ2n) is 3.00. The molecule has 1 fully saturated rings. The number of carbonyl (C=O) groups excluding carboxylic acids is 1. The topological polar surface area (TPSA) is 58.6 Å². The van der Waals surface area contributed by atoms with Crippen LogP contribution in [0.15, 0.2) is 0 Å². The van der Waals surface area contributed by atoms with Gasteiger partial charge in [0.2, 0.25) is 0 Å². The number of β-amino-alcohol motifs (C(OH)–C–C–N with tert-alkyl or cyclic N) is 1. The van der Waals surface area contributed by atoms with E-state index in [0.717, 1.165) is 0 Å². The van der Waals surface area contributed by atoms with Crippen molar-refractivity contribution in [1.29, 1.82) is 0 Å². The van der Waals surface area contributed by atoms with E-state index in [1.165, 1.54) is 0 Å². The number of ether oxygens (including phenoxy) is 1. The van der Waals surface area contributed by atoms with Crippen LogP contribution in [0.1, 0.15) is 19.8 Å². The Morgan fingerprint density at radius 3 is 3.00 bits per heavy atom. The minimum atomic E-state index is -0.301. The Kier molecular flexibility index (Phi) is 3.49. The molecule has 0 bridgehead atoms. The van der Waals surface area contributed by atoms with E-state index in [-0.39, 0.29) is 18.1 Å². The van der Waals surface area contributed by atoms with Gasteiger partial charge in [0, 0.05) is 12.6 Å². The number of hydrogen-bond acceptors (Lipinski definition) is 4. The van der Waals surface area contributed by atoms with Crippen LogP contribution < -0.4 is 5.32 Å². The smallest absolute Gasteiger partial charge is 0.307 e. The maximum Gasteiger partial charge on any atom is 0.307 e. The van der Waals surface area contributed by atoms with E-state index in [9.17, 15) is 4.79 Å². The molecule has 1 aliphatic heterocycles. The average molecular weight is 173 g/mol. The fourth-order valence-electron chi connectivity index (χ4n) is 1.37. The number of aliphatic hydroxyl groups excluding tert-OH is 1. The number of hydrogen-bond donors (Lipinski definition) is 2. The van der Waals surface area contributed by atoms with Crippen LogP contribution in [0, 0.1) is 0 Å². The lowest BCUT2D eigenvalue weighted by atomic mass is 10.1. The Morgan fingerprint density at radius 1 is 1.75 bits per heavy atom. The zero-order chi connectivity index (χ0) is 8.97. The Bertz CT molecular complexity index is 160. The van der Waals surface area contributed by atoms with Gasteiger partial charge in [-0.25, -0.2) is 0 Å². The molecule has 4 heteroatoms. The Labute approximate surface area is 71.9 Å². The average Bonchev–Trinajstić information content (AvgIpc) is 2.36. The predicted molar refractivity (Wildman–Crippen MR) is 43.7 cm³/mol. The van der Waals surface area contributed by atoms with E-state index in [0.29, 0.717) is 26.0 Å². The molecule has 70 valence electrons. The normalized spacial score (nSPS) is 28.8. The van der Waals surface area contributed by atoms with E-state index in [1.807, 2.05) is 0 Å². The van der Waals surface area contributed by atoms with Gasteiger partial charge in [-0.15, -0.1) is 0 Å². The van der Waals surface area contributed by atoms with Crippen LogP contribution in [0.2, 0.25) is 0 Å². The summed E-state index contributed by atoms with van der Waals surface area (Å²) >= 11 is 0. The molecular formula is C8H15NO3. The number of carbonyl (C=O) groups is 1. The maximum absolute atomic E-state index is 11.0. The maximum atomic E-state index is 11.0. The third-order valence-corrected chi connectivity index (χ3v) is 1.92. The van der Waals surface area contributed by atoms with Gasteiger partial charge in [0.15, 0.2) is 0 Å². The van der Waals surface area contributed by atoms with E-state index < -0.39 is 0 Å². The van der Waals surface area contributed by atoms with Gasteiger partial charge in [-0.05, 0) is 13.3 Å². The van der Waals surface area contributed by atoms with E-state index in [4.69, 9.17) is 9.84 Å². The fourth-order valence-corrected chi connectivity index (χ4v) is 1.37. The van der Waals surface area contributed by atoms with Gasteiger partial charge >= 0.3 is 5.97 Å². The lowest BCUT2D eigenvalue weighted by molar-refractivity contribution is -0.143. The molecule has 0 aliphatic carbocycles. The molecule has 1 rings (SSSR count). The molecule has 12 heavy (non-hydrogen) atoms. The van der Waals surface area contributed by atoms with Gasteiger partial charge in [0.25, 0.3) is 0 Å². The Hall–Kier alpha value is -0.610. The van der Waals surface area contributed by atoms with Crippen LogP contribution in [0.4, 0.5) is 0 Å². The third-order valence-electron chi connectivity index (χ3n) is 1.92. The SMILES string of the molecule is CCOC(=O)C[C@@H]1C[C@@H](O)CN1. The van der Waals surface area contributed by atoms with Gasteiger partial charge in [-0.3, -0.25) is 4.79 Å². The lowest BCUT2D eigenvalue weighted by Gasteiger charge is -2.07. The number of aliphatic hydroxyl groups is 1. The van der Waals surface area contributed by atoms with Crippen LogP contribution >= 0.6 is 0 Å². The first-order chi connectivity index (χ1) is 5.72. The van der Waals surface area contributed by atoms with Gasteiger partial charge in [-0.2, -0.15) is 0 Å². The molecule has 2 atom stereocenters. The van der Waals surface area contributed by atoms with Crippen molar-refractivity contribution in [3.63, 3.8) is 0 Å². The van der Waals surface area contributed by atoms with Crippen molar-refractivity contribution in [3.05, 3.63) is 0 Å². The van der Waals surface area contributed by atoms with Crippen molar-refractivity contribution < 1.29 is 14.6 Å². The second kappa shape index (κ2) is 4.42.